The number of aliphatic imine (C=N–C) groups is 1. The van der Waals surface area contributed by atoms with Gasteiger partial charge in [-0.3, -0.25) is 14.7 Å². The molecule has 35 heavy (non-hydrogen) atoms. The zero-order valence-electron chi connectivity index (χ0n) is 20.8. The van der Waals surface area contributed by atoms with Crippen LogP contribution in [0.4, 0.5) is 11.4 Å². The molecular formula is C28H35ClN4O2. The zero-order chi connectivity index (χ0) is 24.4. The maximum atomic E-state index is 14.4. The summed E-state index contributed by atoms with van der Waals surface area (Å²) in [6.07, 6.45) is 5.18. The molecule has 3 aliphatic rings. The van der Waals surface area contributed by atoms with Gasteiger partial charge in [0.1, 0.15) is 5.75 Å². The van der Waals surface area contributed by atoms with Crippen LogP contribution in [0.3, 0.4) is 0 Å². The van der Waals surface area contributed by atoms with Crippen molar-refractivity contribution in [3.63, 3.8) is 0 Å². The molecule has 1 aliphatic carbocycles. The minimum atomic E-state index is -0.447. The molecule has 7 heteroatoms. The molecule has 1 spiro atoms. The first kappa shape index (κ1) is 24.3. The first-order valence-electron chi connectivity index (χ1n) is 12.7. The molecule has 0 radical (unpaired) electrons. The third-order valence-corrected chi connectivity index (χ3v) is 8.21. The third kappa shape index (κ3) is 4.84. The van der Waals surface area contributed by atoms with E-state index in [1.54, 1.807) is 7.11 Å². The first-order valence-corrected chi connectivity index (χ1v) is 13.1. The average Bonchev–Trinajstić information content (AvgIpc) is 2.89. The van der Waals surface area contributed by atoms with Crippen LogP contribution in [0.2, 0.25) is 5.02 Å². The highest BCUT2D eigenvalue weighted by atomic mass is 35.5. The van der Waals surface area contributed by atoms with E-state index in [0.717, 1.165) is 74.7 Å². The van der Waals surface area contributed by atoms with Crippen molar-refractivity contribution in [2.24, 2.45) is 10.4 Å². The highest BCUT2D eigenvalue weighted by molar-refractivity contribution is 6.30. The summed E-state index contributed by atoms with van der Waals surface area (Å²) < 4.78 is 5.35. The molecule has 2 aliphatic heterocycles. The van der Waals surface area contributed by atoms with Crippen LogP contribution in [0.25, 0.3) is 0 Å². The lowest BCUT2D eigenvalue weighted by Gasteiger charge is -2.54. The van der Waals surface area contributed by atoms with Crippen LogP contribution < -0.4 is 9.64 Å². The van der Waals surface area contributed by atoms with Gasteiger partial charge in [-0.2, -0.15) is 0 Å². The Bertz CT molecular complexity index is 1060. The number of anilines is 1. The van der Waals surface area contributed by atoms with E-state index >= 15 is 0 Å². The molecule has 2 heterocycles. The Labute approximate surface area is 213 Å². The summed E-state index contributed by atoms with van der Waals surface area (Å²) in [5.41, 5.74) is 2.42. The number of rotatable bonds is 4. The monoisotopic (exact) mass is 494 g/mol. The summed E-state index contributed by atoms with van der Waals surface area (Å²) in [6.45, 7) is 4.43. The number of hydrogen-bond donors (Lipinski definition) is 0. The highest BCUT2D eigenvalue weighted by Gasteiger charge is 2.56. The molecule has 1 saturated carbocycles. The maximum Gasteiger partial charge on any atom is 0.235 e. The number of ether oxygens (including phenoxy) is 1. The van der Waals surface area contributed by atoms with Gasteiger partial charge in [-0.15, -0.1) is 0 Å². The molecule has 0 bridgehead atoms. The molecule has 6 nitrogen and oxygen atoms in total. The molecule has 1 amide bonds. The number of amides is 1. The Morgan fingerprint density at radius 3 is 2.23 bits per heavy atom. The van der Waals surface area contributed by atoms with Gasteiger partial charge < -0.3 is 14.5 Å². The number of methoxy groups -OCH3 is 1. The van der Waals surface area contributed by atoms with Crippen molar-refractivity contribution in [2.75, 3.05) is 51.8 Å². The first-order chi connectivity index (χ1) is 17.0. The van der Waals surface area contributed by atoms with Crippen LogP contribution in [0.5, 0.6) is 5.75 Å². The Kier molecular flexibility index (Phi) is 7.14. The Hall–Kier alpha value is -2.41. The number of piperazine rings is 1. The largest absolute Gasteiger partial charge is 0.497 e. The molecule has 1 atom stereocenters. The number of piperidine rings is 1. The van der Waals surface area contributed by atoms with Crippen LogP contribution in [0.15, 0.2) is 53.5 Å². The van der Waals surface area contributed by atoms with Crippen molar-refractivity contribution in [2.45, 2.75) is 38.1 Å². The fourth-order valence-corrected chi connectivity index (χ4v) is 6.21. The number of nitrogens with zero attached hydrogens (tertiary/aromatic N) is 4. The molecular weight excluding hydrogens is 460 g/mol. The Morgan fingerprint density at radius 1 is 0.943 bits per heavy atom. The maximum absolute atomic E-state index is 14.4. The summed E-state index contributed by atoms with van der Waals surface area (Å²) in [4.78, 5) is 26.5. The van der Waals surface area contributed by atoms with E-state index in [1.165, 1.54) is 6.42 Å². The Balaban J connectivity index is 1.60. The van der Waals surface area contributed by atoms with E-state index in [0.29, 0.717) is 11.6 Å². The molecule has 186 valence electrons. The second-order valence-corrected chi connectivity index (χ2v) is 10.6. The predicted molar refractivity (Wildman–Crippen MR) is 142 cm³/mol. The van der Waals surface area contributed by atoms with Gasteiger partial charge in [-0.05, 0) is 68.4 Å². The van der Waals surface area contributed by atoms with Crippen molar-refractivity contribution >= 4 is 34.6 Å². The van der Waals surface area contributed by atoms with Gasteiger partial charge in [0.25, 0.3) is 0 Å². The number of likely N-dealkylation sites (N-methyl/N-ethyl adjacent to an activating group) is 1. The SMILES string of the molecule is COc1ccc(N=C2CN(c3ccc(Cl)cc3)C(=O)C3(CCCCC3)C2N2CCN(C)CC2)cc1. The van der Waals surface area contributed by atoms with Gasteiger partial charge >= 0.3 is 0 Å². The zero-order valence-corrected chi connectivity index (χ0v) is 21.5. The van der Waals surface area contributed by atoms with Crippen molar-refractivity contribution in [1.29, 1.82) is 0 Å². The number of benzene rings is 2. The second-order valence-electron chi connectivity index (χ2n) is 10.1. The minimum Gasteiger partial charge on any atom is -0.497 e. The number of carbonyl (C=O) groups excluding carboxylic acids is 1. The molecule has 2 aromatic rings. The van der Waals surface area contributed by atoms with Crippen LogP contribution in [0.1, 0.15) is 32.1 Å². The normalized spacial score (nSPS) is 24.8. The van der Waals surface area contributed by atoms with E-state index in [1.807, 2.05) is 53.4 Å². The molecule has 2 saturated heterocycles. The lowest BCUT2D eigenvalue weighted by Crippen LogP contribution is -2.68. The van der Waals surface area contributed by atoms with Crippen molar-refractivity contribution in [3.05, 3.63) is 53.6 Å². The molecule has 2 aromatic carbocycles. The predicted octanol–water partition coefficient (Wildman–Crippen LogP) is 5.03. The third-order valence-electron chi connectivity index (χ3n) is 7.96. The summed E-state index contributed by atoms with van der Waals surface area (Å²) in [5, 5.41) is 0.674. The molecule has 3 fully saturated rings. The minimum absolute atomic E-state index is 0.0228. The fourth-order valence-electron chi connectivity index (χ4n) is 6.08. The van der Waals surface area contributed by atoms with Crippen LogP contribution in [-0.2, 0) is 4.79 Å². The van der Waals surface area contributed by atoms with E-state index < -0.39 is 5.41 Å². The van der Waals surface area contributed by atoms with E-state index in [2.05, 4.69) is 16.8 Å². The van der Waals surface area contributed by atoms with Gasteiger partial charge in [0, 0.05) is 36.9 Å². The topological polar surface area (TPSA) is 48.4 Å². The second kappa shape index (κ2) is 10.3. The standard InChI is InChI=1S/C28H35ClN4O2/c1-31-16-18-32(19-17-31)26-25(30-22-8-12-24(35-2)13-9-22)20-33(23-10-6-21(29)7-11-23)27(34)28(26)14-4-3-5-15-28/h6-13,26H,3-5,14-20H2,1-2H3. The van der Waals surface area contributed by atoms with Gasteiger partial charge in [-0.1, -0.05) is 30.9 Å². The quantitative estimate of drug-likeness (QED) is 0.597. The Morgan fingerprint density at radius 2 is 1.60 bits per heavy atom. The molecule has 0 aromatic heterocycles. The van der Waals surface area contributed by atoms with Gasteiger partial charge in [0.2, 0.25) is 5.91 Å². The number of halogens is 1. The summed E-state index contributed by atoms with van der Waals surface area (Å²) in [6, 6.07) is 15.6. The van der Waals surface area contributed by atoms with Crippen molar-refractivity contribution in [3.8, 4) is 5.75 Å². The van der Waals surface area contributed by atoms with Crippen LogP contribution >= 0.6 is 11.6 Å². The summed E-state index contributed by atoms with van der Waals surface area (Å²) in [5.74, 6) is 1.06. The van der Waals surface area contributed by atoms with E-state index in [-0.39, 0.29) is 11.9 Å². The van der Waals surface area contributed by atoms with Gasteiger partial charge in [0.05, 0.1) is 36.5 Å². The van der Waals surface area contributed by atoms with E-state index in [9.17, 15) is 4.79 Å². The number of hydrogen-bond acceptors (Lipinski definition) is 5. The van der Waals surface area contributed by atoms with E-state index in [4.69, 9.17) is 21.3 Å². The van der Waals surface area contributed by atoms with Crippen molar-refractivity contribution < 1.29 is 9.53 Å². The number of carbonyl (C=O) groups is 1. The molecule has 0 N–H and O–H groups in total. The lowest BCUT2D eigenvalue weighted by molar-refractivity contribution is -0.134. The fraction of sp³-hybridized carbons (Fsp3) is 0.500. The average molecular weight is 495 g/mol. The van der Waals surface area contributed by atoms with Gasteiger partial charge in [0.15, 0.2) is 0 Å². The van der Waals surface area contributed by atoms with Crippen LogP contribution in [-0.4, -0.2) is 74.3 Å². The highest BCUT2D eigenvalue weighted by Crippen LogP contribution is 2.47. The summed E-state index contributed by atoms with van der Waals surface area (Å²) in [7, 11) is 3.85. The molecule has 5 rings (SSSR count). The smallest absolute Gasteiger partial charge is 0.235 e. The van der Waals surface area contributed by atoms with Crippen molar-refractivity contribution in [1.82, 2.24) is 9.80 Å². The van der Waals surface area contributed by atoms with Crippen LogP contribution in [0, 0.1) is 5.41 Å². The van der Waals surface area contributed by atoms with Gasteiger partial charge in [-0.25, -0.2) is 0 Å². The summed E-state index contributed by atoms with van der Waals surface area (Å²) >= 11 is 6.18. The lowest BCUT2D eigenvalue weighted by atomic mass is 9.64. The molecule has 1 unspecified atom stereocenters.